The van der Waals surface area contributed by atoms with E-state index in [4.69, 9.17) is 0 Å². The lowest BCUT2D eigenvalue weighted by Crippen LogP contribution is -2.38. The second-order valence-corrected chi connectivity index (χ2v) is 4.98. The molecule has 0 aromatic carbocycles. The molecule has 1 aromatic heterocycles. The second-order valence-electron chi connectivity index (χ2n) is 4.98. The molecule has 17 heavy (non-hydrogen) atoms. The maximum absolute atomic E-state index is 4.38. The molecule has 0 radical (unpaired) electrons. The molecule has 1 fully saturated rings. The number of anilines is 2. The highest BCUT2D eigenvalue weighted by atomic mass is 15.2. The summed E-state index contributed by atoms with van der Waals surface area (Å²) in [5.74, 6) is 3.53. The van der Waals surface area contributed by atoms with E-state index in [1.165, 1.54) is 6.42 Å². The van der Waals surface area contributed by atoms with Crippen LogP contribution in [0, 0.1) is 11.8 Å². The van der Waals surface area contributed by atoms with Crippen LogP contribution in [0.15, 0.2) is 12.4 Å². The maximum Gasteiger partial charge on any atom is 0.134 e. The molecule has 2 rings (SSSR count). The summed E-state index contributed by atoms with van der Waals surface area (Å²) in [6, 6.07) is 2.05. The third kappa shape index (κ3) is 2.87. The summed E-state index contributed by atoms with van der Waals surface area (Å²) in [4.78, 5) is 11.0. The Morgan fingerprint density at radius 3 is 2.88 bits per heavy atom. The van der Waals surface area contributed by atoms with Gasteiger partial charge in [0.25, 0.3) is 0 Å². The van der Waals surface area contributed by atoms with E-state index in [9.17, 15) is 0 Å². The third-order valence-corrected chi connectivity index (χ3v) is 3.67. The highest BCUT2D eigenvalue weighted by molar-refractivity contribution is 5.48. The topological polar surface area (TPSA) is 41.0 Å². The summed E-state index contributed by atoms with van der Waals surface area (Å²) in [6.07, 6.45) is 2.90. The molecule has 1 aliphatic rings. The lowest BCUT2D eigenvalue weighted by atomic mass is 9.89. The highest BCUT2D eigenvalue weighted by Gasteiger charge is 2.23. The third-order valence-electron chi connectivity index (χ3n) is 3.67. The van der Waals surface area contributed by atoms with Gasteiger partial charge < -0.3 is 10.2 Å². The fourth-order valence-corrected chi connectivity index (χ4v) is 2.27. The lowest BCUT2D eigenvalue weighted by Gasteiger charge is -2.36. The zero-order chi connectivity index (χ0) is 12.3. The molecule has 1 aliphatic heterocycles. The largest absolute Gasteiger partial charge is 0.370 e. The number of aromatic nitrogens is 2. The fourth-order valence-electron chi connectivity index (χ4n) is 2.27. The van der Waals surface area contributed by atoms with Crippen LogP contribution in [0.4, 0.5) is 11.6 Å². The van der Waals surface area contributed by atoms with Crippen molar-refractivity contribution in [1.29, 1.82) is 0 Å². The van der Waals surface area contributed by atoms with Crippen molar-refractivity contribution in [3.05, 3.63) is 12.4 Å². The van der Waals surface area contributed by atoms with Crippen LogP contribution >= 0.6 is 0 Å². The first-order valence-electron chi connectivity index (χ1n) is 6.51. The van der Waals surface area contributed by atoms with E-state index in [1.807, 2.05) is 6.07 Å². The Hall–Kier alpha value is -1.32. The van der Waals surface area contributed by atoms with E-state index in [0.29, 0.717) is 0 Å². The van der Waals surface area contributed by atoms with Crippen molar-refractivity contribution in [3.8, 4) is 0 Å². The van der Waals surface area contributed by atoms with Crippen LogP contribution in [-0.4, -0.2) is 29.6 Å². The predicted molar refractivity (Wildman–Crippen MR) is 71.4 cm³/mol. The number of nitrogens with zero attached hydrogens (tertiary/aromatic N) is 3. The van der Waals surface area contributed by atoms with Crippen LogP contribution in [0.2, 0.25) is 0 Å². The molecule has 0 amide bonds. The van der Waals surface area contributed by atoms with Gasteiger partial charge in [-0.3, -0.25) is 0 Å². The number of hydrogen-bond acceptors (Lipinski definition) is 4. The molecule has 94 valence electrons. The van der Waals surface area contributed by atoms with E-state index in [-0.39, 0.29) is 0 Å². The van der Waals surface area contributed by atoms with Crippen molar-refractivity contribution >= 4 is 11.6 Å². The summed E-state index contributed by atoms with van der Waals surface area (Å²) < 4.78 is 0. The molecule has 2 unspecified atom stereocenters. The van der Waals surface area contributed by atoms with Crippen LogP contribution in [-0.2, 0) is 0 Å². The first kappa shape index (κ1) is 12.1. The smallest absolute Gasteiger partial charge is 0.134 e. The SMILES string of the molecule is CCNc1cc(N2CCC(C)C(C)C2)ncn1. The van der Waals surface area contributed by atoms with E-state index >= 15 is 0 Å². The highest BCUT2D eigenvalue weighted by Crippen LogP contribution is 2.26. The fraction of sp³-hybridized carbons (Fsp3) is 0.692. The average Bonchev–Trinajstić information content (AvgIpc) is 2.33. The van der Waals surface area contributed by atoms with Gasteiger partial charge in [0.15, 0.2) is 0 Å². The van der Waals surface area contributed by atoms with E-state index < -0.39 is 0 Å². The number of nitrogens with one attached hydrogen (secondary N) is 1. The maximum atomic E-state index is 4.38. The van der Waals surface area contributed by atoms with Gasteiger partial charge in [0.05, 0.1) is 0 Å². The molecule has 2 atom stereocenters. The molecular weight excluding hydrogens is 212 g/mol. The summed E-state index contributed by atoms with van der Waals surface area (Å²) in [5.41, 5.74) is 0. The summed E-state index contributed by atoms with van der Waals surface area (Å²) in [7, 11) is 0. The standard InChI is InChI=1S/C13H22N4/c1-4-14-12-7-13(16-9-15-12)17-6-5-10(2)11(3)8-17/h7,9-11H,4-6,8H2,1-3H3,(H,14,15,16). The molecule has 4 heteroatoms. The molecular formula is C13H22N4. The molecule has 0 aliphatic carbocycles. The minimum Gasteiger partial charge on any atom is -0.370 e. The van der Waals surface area contributed by atoms with Crippen molar-refractivity contribution in [2.75, 3.05) is 29.9 Å². The quantitative estimate of drug-likeness (QED) is 0.872. The van der Waals surface area contributed by atoms with E-state index in [1.54, 1.807) is 6.33 Å². The van der Waals surface area contributed by atoms with Gasteiger partial charge >= 0.3 is 0 Å². The van der Waals surface area contributed by atoms with Gasteiger partial charge in [0.1, 0.15) is 18.0 Å². The summed E-state index contributed by atoms with van der Waals surface area (Å²) in [5, 5.41) is 3.23. The van der Waals surface area contributed by atoms with Gasteiger partial charge in [-0.2, -0.15) is 0 Å². The van der Waals surface area contributed by atoms with Crippen LogP contribution < -0.4 is 10.2 Å². The normalized spacial score (nSPS) is 24.8. The molecule has 0 spiro atoms. The zero-order valence-corrected chi connectivity index (χ0v) is 11.0. The Morgan fingerprint density at radius 2 is 2.18 bits per heavy atom. The molecule has 0 saturated carbocycles. The Bertz CT molecular complexity index is 366. The molecule has 1 aromatic rings. The lowest BCUT2D eigenvalue weighted by molar-refractivity contribution is 0.323. The number of piperidine rings is 1. The van der Waals surface area contributed by atoms with Crippen molar-refractivity contribution in [3.63, 3.8) is 0 Å². The van der Waals surface area contributed by atoms with Crippen LogP contribution in [0.5, 0.6) is 0 Å². The first-order valence-corrected chi connectivity index (χ1v) is 6.51. The molecule has 1 saturated heterocycles. The first-order chi connectivity index (χ1) is 8.20. The van der Waals surface area contributed by atoms with Crippen LogP contribution in [0.1, 0.15) is 27.2 Å². The minimum atomic E-state index is 0.737. The monoisotopic (exact) mass is 234 g/mol. The molecule has 2 heterocycles. The van der Waals surface area contributed by atoms with Gasteiger partial charge in [0, 0.05) is 25.7 Å². The van der Waals surface area contributed by atoms with Crippen molar-refractivity contribution in [2.24, 2.45) is 11.8 Å². The summed E-state index contributed by atoms with van der Waals surface area (Å²) >= 11 is 0. The predicted octanol–water partition coefficient (Wildman–Crippen LogP) is 2.39. The molecule has 0 bridgehead atoms. The van der Waals surface area contributed by atoms with Crippen molar-refractivity contribution < 1.29 is 0 Å². The minimum absolute atomic E-state index is 0.737. The number of rotatable bonds is 3. The Balaban J connectivity index is 2.09. The zero-order valence-electron chi connectivity index (χ0n) is 11.0. The Kier molecular flexibility index (Phi) is 3.82. The molecule has 4 nitrogen and oxygen atoms in total. The van der Waals surface area contributed by atoms with E-state index in [2.05, 4.69) is 41.0 Å². The van der Waals surface area contributed by atoms with Crippen LogP contribution in [0.3, 0.4) is 0 Å². The van der Waals surface area contributed by atoms with Gasteiger partial charge in [-0.05, 0) is 25.2 Å². The Labute approximate surface area is 103 Å². The van der Waals surface area contributed by atoms with Gasteiger partial charge in [-0.1, -0.05) is 13.8 Å². The van der Waals surface area contributed by atoms with Crippen molar-refractivity contribution in [2.45, 2.75) is 27.2 Å². The average molecular weight is 234 g/mol. The van der Waals surface area contributed by atoms with Crippen LogP contribution in [0.25, 0.3) is 0 Å². The van der Waals surface area contributed by atoms with Gasteiger partial charge in [0.2, 0.25) is 0 Å². The second kappa shape index (κ2) is 5.34. The van der Waals surface area contributed by atoms with Crippen molar-refractivity contribution in [1.82, 2.24) is 9.97 Å². The number of hydrogen-bond donors (Lipinski definition) is 1. The van der Waals surface area contributed by atoms with E-state index in [0.717, 1.165) is 43.1 Å². The Morgan fingerprint density at radius 1 is 1.35 bits per heavy atom. The molecule has 1 N–H and O–H groups in total. The summed E-state index contributed by atoms with van der Waals surface area (Å²) in [6.45, 7) is 9.84. The van der Waals surface area contributed by atoms with Gasteiger partial charge in [-0.25, -0.2) is 9.97 Å². The van der Waals surface area contributed by atoms with Gasteiger partial charge in [-0.15, -0.1) is 0 Å².